The van der Waals surface area contributed by atoms with Crippen molar-refractivity contribution in [3.8, 4) is 5.75 Å². The van der Waals surface area contributed by atoms with Gasteiger partial charge in [0.1, 0.15) is 5.75 Å². The van der Waals surface area contributed by atoms with Crippen LogP contribution in [0.5, 0.6) is 5.75 Å². The van der Waals surface area contributed by atoms with E-state index in [1.54, 1.807) is 0 Å². The molecule has 0 spiro atoms. The molecule has 19 heavy (non-hydrogen) atoms. The maximum absolute atomic E-state index is 5.89. The zero-order valence-corrected chi connectivity index (χ0v) is 11.4. The van der Waals surface area contributed by atoms with E-state index in [0.717, 1.165) is 23.5 Å². The quantitative estimate of drug-likeness (QED) is 0.791. The Morgan fingerprint density at radius 1 is 1.11 bits per heavy atom. The highest BCUT2D eigenvalue weighted by Gasteiger charge is 2.02. The molecule has 0 aliphatic carbocycles. The molecule has 0 unspecified atom stereocenters. The number of aryl methyl sites for hydroxylation is 1. The van der Waals surface area contributed by atoms with Gasteiger partial charge in [-0.15, -0.1) is 0 Å². The molecule has 2 aromatic rings. The van der Waals surface area contributed by atoms with Crippen LogP contribution in [0.25, 0.3) is 0 Å². The summed E-state index contributed by atoms with van der Waals surface area (Å²) in [6.45, 7) is 4.83. The van der Waals surface area contributed by atoms with Crippen molar-refractivity contribution in [2.24, 2.45) is 0 Å². The predicted octanol–water partition coefficient (Wildman–Crippen LogP) is 4.11. The number of hydrogen-bond acceptors (Lipinski definition) is 3. The van der Waals surface area contributed by atoms with Gasteiger partial charge in [-0.1, -0.05) is 19.1 Å². The van der Waals surface area contributed by atoms with Crippen molar-refractivity contribution in [3.05, 3.63) is 48.0 Å². The highest BCUT2D eigenvalue weighted by Crippen LogP contribution is 2.27. The SMILES string of the molecule is CCCOc1cc(Nc2cccc(C)c2)ccc1N. The summed E-state index contributed by atoms with van der Waals surface area (Å²) < 4.78 is 5.62. The van der Waals surface area contributed by atoms with Gasteiger partial charge in [0.15, 0.2) is 0 Å². The molecule has 3 heteroatoms. The standard InChI is InChI=1S/C16H20N2O/c1-3-9-19-16-11-14(7-8-15(16)17)18-13-6-4-5-12(2)10-13/h4-8,10-11,18H,3,9,17H2,1-2H3. The lowest BCUT2D eigenvalue weighted by atomic mass is 10.2. The van der Waals surface area contributed by atoms with Crippen LogP contribution in [-0.4, -0.2) is 6.61 Å². The van der Waals surface area contributed by atoms with Gasteiger partial charge in [0.05, 0.1) is 12.3 Å². The van der Waals surface area contributed by atoms with E-state index in [4.69, 9.17) is 10.5 Å². The average molecular weight is 256 g/mol. The van der Waals surface area contributed by atoms with Crippen molar-refractivity contribution in [2.45, 2.75) is 20.3 Å². The van der Waals surface area contributed by atoms with Crippen molar-refractivity contribution in [2.75, 3.05) is 17.7 Å². The summed E-state index contributed by atoms with van der Waals surface area (Å²) in [4.78, 5) is 0. The molecule has 3 N–H and O–H groups in total. The van der Waals surface area contributed by atoms with E-state index < -0.39 is 0 Å². The smallest absolute Gasteiger partial charge is 0.144 e. The van der Waals surface area contributed by atoms with Crippen LogP contribution in [0.15, 0.2) is 42.5 Å². The molecule has 0 radical (unpaired) electrons. The van der Waals surface area contributed by atoms with E-state index in [1.807, 2.05) is 30.3 Å². The third kappa shape index (κ3) is 3.65. The zero-order chi connectivity index (χ0) is 13.7. The summed E-state index contributed by atoms with van der Waals surface area (Å²) in [6, 6.07) is 14.0. The Morgan fingerprint density at radius 3 is 2.63 bits per heavy atom. The minimum atomic E-state index is 0.670. The van der Waals surface area contributed by atoms with Crippen LogP contribution >= 0.6 is 0 Å². The Kier molecular flexibility index (Phi) is 4.29. The van der Waals surface area contributed by atoms with Gasteiger partial charge >= 0.3 is 0 Å². The number of ether oxygens (including phenoxy) is 1. The molecule has 0 saturated carbocycles. The summed E-state index contributed by atoms with van der Waals surface area (Å²) in [5.74, 6) is 0.736. The number of benzene rings is 2. The first kappa shape index (κ1) is 13.3. The second kappa shape index (κ2) is 6.14. The van der Waals surface area contributed by atoms with Crippen LogP contribution in [0.1, 0.15) is 18.9 Å². The van der Waals surface area contributed by atoms with Crippen molar-refractivity contribution < 1.29 is 4.74 Å². The molecule has 0 saturated heterocycles. The first-order valence-electron chi connectivity index (χ1n) is 6.55. The van der Waals surface area contributed by atoms with Gasteiger partial charge < -0.3 is 15.8 Å². The largest absolute Gasteiger partial charge is 0.491 e. The third-order valence-corrected chi connectivity index (χ3v) is 2.78. The van der Waals surface area contributed by atoms with Gasteiger partial charge in [-0.05, 0) is 43.2 Å². The predicted molar refractivity (Wildman–Crippen MR) is 81.1 cm³/mol. The van der Waals surface area contributed by atoms with E-state index in [0.29, 0.717) is 12.3 Å². The fourth-order valence-corrected chi connectivity index (χ4v) is 1.84. The molecule has 0 heterocycles. The van der Waals surface area contributed by atoms with Crippen molar-refractivity contribution >= 4 is 17.1 Å². The second-order valence-electron chi connectivity index (χ2n) is 4.60. The summed E-state index contributed by atoms with van der Waals surface area (Å²) in [6.07, 6.45) is 0.967. The van der Waals surface area contributed by atoms with Gasteiger partial charge in [-0.2, -0.15) is 0 Å². The molecule has 2 rings (SSSR count). The average Bonchev–Trinajstić information content (AvgIpc) is 2.39. The van der Waals surface area contributed by atoms with Gasteiger partial charge in [-0.3, -0.25) is 0 Å². The Morgan fingerprint density at radius 2 is 1.89 bits per heavy atom. The molecule has 0 atom stereocenters. The van der Waals surface area contributed by atoms with Crippen LogP contribution in [0, 0.1) is 6.92 Å². The summed E-state index contributed by atoms with van der Waals surface area (Å²) in [5, 5.41) is 3.35. The maximum atomic E-state index is 5.89. The van der Waals surface area contributed by atoms with E-state index in [9.17, 15) is 0 Å². The highest BCUT2D eigenvalue weighted by molar-refractivity contribution is 5.67. The lowest BCUT2D eigenvalue weighted by molar-refractivity contribution is 0.319. The summed E-state index contributed by atoms with van der Waals surface area (Å²) >= 11 is 0. The number of nitrogen functional groups attached to an aromatic ring is 1. The molecule has 0 fully saturated rings. The Balaban J connectivity index is 2.16. The van der Waals surface area contributed by atoms with Crippen LogP contribution in [0.2, 0.25) is 0 Å². The highest BCUT2D eigenvalue weighted by atomic mass is 16.5. The molecule has 0 aliphatic heterocycles. The number of anilines is 3. The lowest BCUT2D eigenvalue weighted by Gasteiger charge is -2.12. The van der Waals surface area contributed by atoms with Gasteiger partial charge in [0, 0.05) is 17.4 Å². The van der Waals surface area contributed by atoms with E-state index in [-0.39, 0.29) is 0 Å². The first-order valence-corrected chi connectivity index (χ1v) is 6.55. The number of nitrogens with two attached hydrogens (primary N) is 1. The molecule has 3 nitrogen and oxygen atoms in total. The van der Waals surface area contributed by atoms with Gasteiger partial charge in [-0.25, -0.2) is 0 Å². The molecule has 0 amide bonds. The molecule has 0 aromatic heterocycles. The summed E-state index contributed by atoms with van der Waals surface area (Å²) in [7, 11) is 0. The fourth-order valence-electron chi connectivity index (χ4n) is 1.84. The van der Waals surface area contributed by atoms with Crippen molar-refractivity contribution in [1.82, 2.24) is 0 Å². The van der Waals surface area contributed by atoms with Crippen LogP contribution < -0.4 is 15.8 Å². The fraction of sp³-hybridized carbons (Fsp3) is 0.250. The second-order valence-corrected chi connectivity index (χ2v) is 4.60. The monoisotopic (exact) mass is 256 g/mol. The van der Waals surface area contributed by atoms with Crippen LogP contribution in [0.3, 0.4) is 0 Å². The Hall–Kier alpha value is -2.16. The minimum absolute atomic E-state index is 0.670. The third-order valence-electron chi connectivity index (χ3n) is 2.78. The molecular formula is C16H20N2O. The van der Waals surface area contributed by atoms with E-state index >= 15 is 0 Å². The molecule has 0 aliphatic rings. The van der Waals surface area contributed by atoms with Crippen molar-refractivity contribution in [1.29, 1.82) is 0 Å². The van der Waals surface area contributed by atoms with Gasteiger partial charge in [0.2, 0.25) is 0 Å². The molecule has 100 valence electrons. The number of nitrogens with one attached hydrogen (secondary N) is 1. The minimum Gasteiger partial charge on any atom is -0.491 e. The number of rotatable bonds is 5. The van der Waals surface area contributed by atoms with Gasteiger partial charge in [0.25, 0.3) is 0 Å². The molecular weight excluding hydrogens is 236 g/mol. The van der Waals surface area contributed by atoms with Crippen LogP contribution in [-0.2, 0) is 0 Å². The lowest BCUT2D eigenvalue weighted by Crippen LogP contribution is -2.00. The van der Waals surface area contributed by atoms with Crippen molar-refractivity contribution in [3.63, 3.8) is 0 Å². The Labute approximate surface area is 114 Å². The van der Waals surface area contributed by atoms with E-state index in [2.05, 4.69) is 31.3 Å². The zero-order valence-electron chi connectivity index (χ0n) is 11.4. The topological polar surface area (TPSA) is 47.3 Å². The number of hydrogen-bond donors (Lipinski definition) is 2. The molecule has 2 aromatic carbocycles. The Bertz CT molecular complexity index is 552. The maximum Gasteiger partial charge on any atom is 0.144 e. The summed E-state index contributed by atoms with van der Waals surface area (Å²) in [5.41, 5.74) is 9.83. The molecule has 0 bridgehead atoms. The first-order chi connectivity index (χ1) is 9.19. The van der Waals surface area contributed by atoms with Crippen LogP contribution in [0.4, 0.5) is 17.1 Å². The van der Waals surface area contributed by atoms with E-state index in [1.165, 1.54) is 5.56 Å². The normalized spacial score (nSPS) is 10.2.